The number of nitrogens with one attached hydrogen (secondary N) is 2. The number of hydrogen-bond donors (Lipinski definition) is 3. The zero-order valence-corrected chi connectivity index (χ0v) is 21.2. The molecule has 2 aromatic heterocycles. The zero-order chi connectivity index (χ0) is 25.7. The summed E-state index contributed by atoms with van der Waals surface area (Å²) in [7, 11) is 0. The van der Waals surface area contributed by atoms with E-state index in [2.05, 4.69) is 25.6 Å². The molecule has 2 aromatic carbocycles. The molecule has 0 spiro atoms. The highest BCUT2D eigenvalue weighted by atomic mass is 32.1. The number of carbonyl (C=O) groups is 2. The molecule has 4 aromatic rings. The van der Waals surface area contributed by atoms with Crippen LogP contribution in [0.25, 0.3) is 22.5 Å². The predicted octanol–water partition coefficient (Wildman–Crippen LogP) is 4.18. The zero-order valence-electron chi connectivity index (χ0n) is 20.4. The van der Waals surface area contributed by atoms with E-state index in [9.17, 15) is 9.59 Å². The van der Waals surface area contributed by atoms with Crippen LogP contribution >= 0.6 is 11.3 Å². The first-order valence-electron chi connectivity index (χ1n) is 11.5. The van der Waals surface area contributed by atoms with Gasteiger partial charge < -0.3 is 16.4 Å². The second-order valence-electron chi connectivity index (χ2n) is 9.06. The quantitative estimate of drug-likeness (QED) is 0.334. The highest BCUT2D eigenvalue weighted by Crippen LogP contribution is 2.28. The molecular formula is C27H28N6O2S. The van der Waals surface area contributed by atoms with Gasteiger partial charge in [0.2, 0.25) is 5.91 Å². The molecule has 36 heavy (non-hydrogen) atoms. The van der Waals surface area contributed by atoms with E-state index < -0.39 is 0 Å². The summed E-state index contributed by atoms with van der Waals surface area (Å²) in [5.41, 5.74) is 11.4. The molecule has 8 nitrogen and oxygen atoms in total. The van der Waals surface area contributed by atoms with Crippen molar-refractivity contribution in [2.75, 3.05) is 18.4 Å². The lowest BCUT2D eigenvalue weighted by Crippen LogP contribution is -2.33. The van der Waals surface area contributed by atoms with Gasteiger partial charge in [0.25, 0.3) is 5.91 Å². The topological polar surface area (TPSA) is 123 Å². The van der Waals surface area contributed by atoms with Crippen LogP contribution in [-0.4, -0.2) is 39.9 Å². The summed E-state index contributed by atoms with van der Waals surface area (Å²) in [6, 6.07) is 17.1. The highest BCUT2D eigenvalue weighted by molar-refractivity contribution is 7.14. The minimum Gasteiger partial charge on any atom is -0.343 e. The van der Waals surface area contributed by atoms with Gasteiger partial charge in [-0.1, -0.05) is 44.2 Å². The van der Waals surface area contributed by atoms with Crippen LogP contribution in [0.2, 0.25) is 0 Å². The SMILES string of the molecule is Cc1cc(-c2cccc(-c3csc(NC(=O)CNC(=O)c4cccc(C(C)(C)CN)c4)n3)c2)ncn1. The summed E-state index contributed by atoms with van der Waals surface area (Å²) in [6.07, 6.45) is 1.55. The fourth-order valence-electron chi connectivity index (χ4n) is 3.54. The molecule has 184 valence electrons. The predicted molar refractivity (Wildman–Crippen MR) is 143 cm³/mol. The van der Waals surface area contributed by atoms with Gasteiger partial charge in [0.05, 0.1) is 17.9 Å². The Balaban J connectivity index is 1.37. The number of aromatic nitrogens is 3. The van der Waals surface area contributed by atoms with Crippen molar-refractivity contribution in [1.82, 2.24) is 20.3 Å². The Morgan fingerprint density at radius 3 is 2.50 bits per heavy atom. The second kappa shape index (κ2) is 10.8. The van der Waals surface area contributed by atoms with Crippen LogP contribution in [0, 0.1) is 6.92 Å². The highest BCUT2D eigenvalue weighted by Gasteiger charge is 2.20. The fraction of sp³-hybridized carbons (Fsp3) is 0.222. The Labute approximate surface area is 214 Å². The average Bonchev–Trinajstić information content (AvgIpc) is 3.36. The van der Waals surface area contributed by atoms with Crippen LogP contribution in [-0.2, 0) is 10.2 Å². The molecule has 0 saturated carbocycles. The van der Waals surface area contributed by atoms with Crippen molar-refractivity contribution in [3.05, 3.63) is 83.1 Å². The minimum absolute atomic E-state index is 0.166. The first-order valence-corrected chi connectivity index (χ1v) is 12.4. The third-order valence-corrected chi connectivity index (χ3v) is 6.59. The van der Waals surface area contributed by atoms with E-state index in [-0.39, 0.29) is 23.8 Å². The van der Waals surface area contributed by atoms with Crippen molar-refractivity contribution in [3.63, 3.8) is 0 Å². The van der Waals surface area contributed by atoms with Crippen LogP contribution in [0.15, 0.2) is 66.3 Å². The number of amides is 2. The van der Waals surface area contributed by atoms with E-state index in [1.54, 1.807) is 12.4 Å². The van der Waals surface area contributed by atoms with Crippen LogP contribution < -0.4 is 16.4 Å². The molecule has 0 aliphatic heterocycles. The maximum Gasteiger partial charge on any atom is 0.251 e. The van der Waals surface area contributed by atoms with Crippen LogP contribution in [0.5, 0.6) is 0 Å². The Kier molecular flexibility index (Phi) is 7.52. The normalized spacial score (nSPS) is 11.2. The standard InChI is InChI=1S/C27H28N6O2S/c1-17-10-22(31-16-30-17)18-6-4-7-19(11-18)23-14-36-26(32-23)33-24(34)13-29-25(35)20-8-5-9-21(12-20)27(2,3)15-28/h4-12,14,16H,13,15,28H2,1-3H3,(H,29,35)(H,32,33,34). The van der Waals surface area contributed by atoms with Crippen molar-refractivity contribution in [2.45, 2.75) is 26.2 Å². The molecule has 0 atom stereocenters. The number of anilines is 1. The molecule has 4 N–H and O–H groups in total. The smallest absolute Gasteiger partial charge is 0.251 e. The van der Waals surface area contributed by atoms with Gasteiger partial charge in [0.15, 0.2) is 5.13 Å². The molecule has 9 heteroatoms. The summed E-state index contributed by atoms with van der Waals surface area (Å²) in [6.45, 7) is 6.26. The van der Waals surface area contributed by atoms with E-state index in [1.165, 1.54) is 11.3 Å². The van der Waals surface area contributed by atoms with Gasteiger partial charge in [-0.3, -0.25) is 9.59 Å². The van der Waals surface area contributed by atoms with E-state index >= 15 is 0 Å². The van der Waals surface area contributed by atoms with Gasteiger partial charge in [-0.2, -0.15) is 0 Å². The molecule has 0 unspecified atom stereocenters. The number of thiazole rings is 1. The first kappa shape index (κ1) is 25.2. The van der Waals surface area contributed by atoms with Crippen molar-refractivity contribution in [3.8, 4) is 22.5 Å². The summed E-state index contributed by atoms with van der Waals surface area (Å²) in [5.74, 6) is -0.677. The van der Waals surface area contributed by atoms with Crippen molar-refractivity contribution in [1.29, 1.82) is 0 Å². The molecule has 0 radical (unpaired) electrons. The summed E-state index contributed by atoms with van der Waals surface area (Å²) < 4.78 is 0. The molecule has 2 amide bonds. The Morgan fingerprint density at radius 2 is 1.75 bits per heavy atom. The lowest BCUT2D eigenvalue weighted by Gasteiger charge is -2.23. The monoisotopic (exact) mass is 500 g/mol. The van der Waals surface area contributed by atoms with Crippen molar-refractivity contribution < 1.29 is 9.59 Å². The molecule has 0 saturated heterocycles. The molecule has 0 fully saturated rings. The molecule has 0 bridgehead atoms. The Hall–Kier alpha value is -3.95. The second-order valence-corrected chi connectivity index (χ2v) is 9.92. The first-order chi connectivity index (χ1) is 17.2. The molecular weight excluding hydrogens is 472 g/mol. The third kappa shape index (κ3) is 5.99. The number of rotatable bonds is 8. The number of benzene rings is 2. The largest absolute Gasteiger partial charge is 0.343 e. The Bertz CT molecular complexity index is 1400. The van der Waals surface area contributed by atoms with E-state index in [0.717, 1.165) is 33.8 Å². The molecule has 0 aliphatic rings. The maximum atomic E-state index is 12.6. The van der Waals surface area contributed by atoms with Crippen LogP contribution in [0.3, 0.4) is 0 Å². The van der Waals surface area contributed by atoms with Gasteiger partial charge in [-0.05, 0) is 36.8 Å². The number of hydrogen-bond acceptors (Lipinski definition) is 7. The van der Waals surface area contributed by atoms with Crippen molar-refractivity contribution in [2.24, 2.45) is 5.73 Å². The molecule has 2 heterocycles. The van der Waals surface area contributed by atoms with Crippen LogP contribution in [0.4, 0.5) is 5.13 Å². The minimum atomic E-state index is -0.354. The number of nitrogens with zero attached hydrogens (tertiary/aromatic N) is 3. The van der Waals surface area contributed by atoms with E-state index in [4.69, 9.17) is 5.73 Å². The summed E-state index contributed by atoms with van der Waals surface area (Å²) >= 11 is 1.32. The molecule has 0 aliphatic carbocycles. The molecule has 4 rings (SSSR count). The Morgan fingerprint density at radius 1 is 1.00 bits per heavy atom. The maximum absolute atomic E-state index is 12.6. The summed E-state index contributed by atoms with van der Waals surface area (Å²) in [4.78, 5) is 38.1. The lowest BCUT2D eigenvalue weighted by molar-refractivity contribution is -0.115. The number of aryl methyl sites for hydroxylation is 1. The number of nitrogens with two attached hydrogens (primary N) is 1. The van der Waals surface area contributed by atoms with Crippen LogP contribution in [0.1, 0.15) is 35.5 Å². The van der Waals surface area contributed by atoms with Gasteiger partial charge >= 0.3 is 0 Å². The average molecular weight is 501 g/mol. The van der Waals surface area contributed by atoms with Gasteiger partial charge in [0, 0.05) is 39.7 Å². The fourth-order valence-corrected chi connectivity index (χ4v) is 4.28. The van der Waals surface area contributed by atoms with E-state index in [1.807, 2.05) is 74.7 Å². The van der Waals surface area contributed by atoms with Gasteiger partial charge in [-0.15, -0.1) is 11.3 Å². The summed E-state index contributed by atoms with van der Waals surface area (Å²) in [5, 5.41) is 7.76. The third-order valence-electron chi connectivity index (χ3n) is 5.83. The number of carbonyl (C=O) groups excluding carboxylic acids is 2. The van der Waals surface area contributed by atoms with Gasteiger partial charge in [-0.25, -0.2) is 15.0 Å². The van der Waals surface area contributed by atoms with E-state index in [0.29, 0.717) is 17.2 Å². The lowest BCUT2D eigenvalue weighted by atomic mass is 9.84. The van der Waals surface area contributed by atoms with Gasteiger partial charge in [0.1, 0.15) is 6.33 Å². The van der Waals surface area contributed by atoms with Crippen molar-refractivity contribution >= 4 is 28.3 Å².